The zero-order chi connectivity index (χ0) is 23.7. The largest absolute Gasteiger partial charge is 0.466 e. The molecular formula is C27H40N2O4. The molecule has 0 aromatic heterocycles. The van der Waals surface area contributed by atoms with Crippen molar-refractivity contribution in [1.29, 1.82) is 0 Å². The number of nitrogens with zero attached hydrogens (tertiary/aromatic N) is 1. The number of amides is 2. The van der Waals surface area contributed by atoms with Gasteiger partial charge in [0.1, 0.15) is 6.04 Å². The molecule has 1 aliphatic heterocycles. The van der Waals surface area contributed by atoms with Gasteiger partial charge >= 0.3 is 5.97 Å². The minimum atomic E-state index is -0.827. The molecule has 0 aliphatic carbocycles. The van der Waals surface area contributed by atoms with E-state index in [1.165, 1.54) is 55.9 Å². The molecule has 1 heterocycles. The van der Waals surface area contributed by atoms with Gasteiger partial charge in [0.15, 0.2) is 0 Å². The maximum absolute atomic E-state index is 12.7. The van der Waals surface area contributed by atoms with Gasteiger partial charge in [-0.2, -0.15) is 0 Å². The third kappa shape index (κ3) is 10.7. The summed E-state index contributed by atoms with van der Waals surface area (Å²) in [7, 11) is 0. The molecule has 0 spiro atoms. The van der Waals surface area contributed by atoms with E-state index in [4.69, 9.17) is 4.74 Å². The average molecular weight is 457 g/mol. The highest BCUT2D eigenvalue weighted by atomic mass is 16.5. The van der Waals surface area contributed by atoms with E-state index in [0.29, 0.717) is 19.7 Å². The number of benzene rings is 1. The molecule has 0 saturated carbocycles. The van der Waals surface area contributed by atoms with Gasteiger partial charge in [-0.25, -0.2) is 0 Å². The summed E-state index contributed by atoms with van der Waals surface area (Å²) >= 11 is 0. The fraction of sp³-hybridized carbons (Fsp3) is 0.593. The Kier molecular flexibility index (Phi) is 13.0. The van der Waals surface area contributed by atoms with E-state index in [1.54, 1.807) is 6.08 Å². The molecule has 33 heavy (non-hydrogen) atoms. The first-order valence-corrected chi connectivity index (χ1v) is 12.6. The molecule has 0 radical (unpaired) electrons. The van der Waals surface area contributed by atoms with Crippen molar-refractivity contribution in [3.8, 4) is 0 Å². The second kappa shape index (κ2) is 16.1. The van der Waals surface area contributed by atoms with Gasteiger partial charge in [-0.3, -0.25) is 14.4 Å². The summed E-state index contributed by atoms with van der Waals surface area (Å²) in [6, 6.07) is 8.67. The van der Waals surface area contributed by atoms with Crippen LogP contribution in [0.1, 0.15) is 83.1 Å². The van der Waals surface area contributed by atoms with E-state index < -0.39 is 12.0 Å². The second-order valence-electron chi connectivity index (χ2n) is 8.69. The highest BCUT2D eigenvalue weighted by Crippen LogP contribution is 2.13. The van der Waals surface area contributed by atoms with E-state index >= 15 is 0 Å². The van der Waals surface area contributed by atoms with Crippen molar-refractivity contribution in [2.24, 2.45) is 0 Å². The van der Waals surface area contributed by atoms with Gasteiger partial charge in [-0.15, -0.1) is 0 Å². The molecule has 1 N–H and O–H groups in total. The van der Waals surface area contributed by atoms with Gasteiger partial charge in [0.05, 0.1) is 13.0 Å². The van der Waals surface area contributed by atoms with Gasteiger partial charge in [-0.05, 0) is 18.1 Å². The smallest absolute Gasteiger partial charge is 0.308 e. The van der Waals surface area contributed by atoms with Crippen LogP contribution in [0.3, 0.4) is 0 Å². The Morgan fingerprint density at radius 3 is 2.30 bits per heavy atom. The van der Waals surface area contributed by atoms with Crippen LogP contribution >= 0.6 is 0 Å². The Morgan fingerprint density at radius 2 is 1.64 bits per heavy atom. The van der Waals surface area contributed by atoms with Gasteiger partial charge in [0.25, 0.3) is 0 Å². The van der Waals surface area contributed by atoms with Crippen LogP contribution in [0.2, 0.25) is 0 Å². The predicted octanol–water partition coefficient (Wildman–Crippen LogP) is 4.88. The Balaban J connectivity index is 1.66. The van der Waals surface area contributed by atoms with Gasteiger partial charge in [0.2, 0.25) is 11.8 Å². The van der Waals surface area contributed by atoms with Crippen molar-refractivity contribution in [2.45, 2.75) is 83.6 Å². The van der Waals surface area contributed by atoms with E-state index in [2.05, 4.69) is 12.2 Å². The zero-order valence-electron chi connectivity index (χ0n) is 20.1. The van der Waals surface area contributed by atoms with Crippen LogP contribution in [-0.4, -0.2) is 48.4 Å². The quantitative estimate of drug-likeness (QED) is 0.232. The number of esters is 1. The highest BCUT2D eigenvalue weighted by molar-refractivity contribution is 5.97. The van der Waals surface area contributed by atoms with Crippen LogP contribution in [-0.2, 0) is 19.1 Å². The summed E-state index contributed by atoms with van der Waals surface area (Å²) in [6.07, 6.45) is 15.2. The fourth-order valence-electron chi connectivity index (χ4n) is 4.00. The second-order valence-corrected chi connectivity index (χ2v) is 8.69. The van der Waals surface area contributed by atoms with Gasteiger partial charge in [0, 0.05) is 19.2 Å². The molecular weight excluding hydrogens is 416 g/mol. The summed E-state index contributed by atoms with van der Waals surface area (Å²) in [5, 5.41) is 2.74. The van der Waals surface area contributed by atoms with Crippen molar-refractivity contribution < 1.29 is 19.1 Å². The van der Waals surface area contributed by atoms with E-state index in [-0.39, 0.29) is 18.2 Å². The third-order valence-electron chi connectivity index (χ3n) is 5.95. The van der Waals surface area contributed by atoms with Crippen molar-refractivity contribution in [3.05, 3.63) is 42.0 Å². The maximum Gasteiger partial charge on any atom is 0.308 e. The van der Waals surface area contributed by atoms with Crippen LogP contribution in [0.4, 0.5) is 0 Å². The Labute approximate surface area is 198 Å². The van der Waals surface area contributed by atoms with Crippen molar-refractivity contribution in [1.82, 2.24) is 10.2 Å². The summed E-state index contributed by atoms with van der Waals surface area (Å²) in [5.74, 6) is -1.02. The molecule has 1 aliphatic rings. The summed E-state index contributed by atoms with van der Waals surface area (Å²) in [4.78, 5) is 38.8. The van der Waals surface area contributed by atoms with Crippen molar-refractivity contribution >= 4 is 23.9 Å². The minimum Gasteiger partial charge on any atom is -0.466 e. The first-order chi connectivity index (χ1) is 16.1. The topological polar surface area (TPSA) is 75.7 Å². The molecule has 1 aromatic rings. The van der Waals surface area contributed by atoms with Crippen molar-refractivity contribution in [2.75, 3.05) is 19.7 Å². The lowest BCUT2D eigenvalue weighted by atomic mass is 10.1. The summed E-state index contributed by atoms with van der Waals surface area (Å²) < 4.78 is 5.35. The monoisotopic (exact) mass is 456 g/mol. The molecule has 182 valence electrons. The summed E-state index contributed by atoms with van der Waals surface area (Å²) in [5.41, 5.74) is 0.903. The normalized spacial score (nSPS) is 16.1. The first-order valence-electron chi connectivity index (χ1n) is 12.6. The fourth-order valence-corrected chi connectivity index (χ4v) is 4.00. The number of carbonyl (C=O) groups excluding carboxylic acids is 3. The predicted molar refractivity (Wildman–Crippen MR) is 131 cm³/mol. The molecule has 1 fully saturated rings. The molecule has 6 nitrogen and oxygen atoms in total. The number of carbonyl (C=O) groups is 3. The van der Waals surface area contributed by atoms with Crippen molar-refractivity contribution in [3.63, 3.8) is 0 Å². The number of rotatable bonds is 15. The number of unbranched alkanes of at least 4 members (excludes halogenated alkanes) is 9. The number of ether oxygens (including phenoxy) is 1. The van der Waals surface area contributed by atoms with Crippen LogP contribution in [0.15, 0.2) is 36.4 Å². The Bertz CT molecular complexity index is 748. The standard InChI is InChI=1S/C27H40N2O4/c1-2-3-4-5-6-7-8-9-10-14-21-33-26(31)22-24-27(32)28-19-20-29(24)25(30)18-17-23-15-12-11-13-16-23/h11-13,15-18,24H,2-10,14,19-22H2,1H3,(H,28,32)/b18-17+. The summed E-state index contributed by atoms with van der Waals surface area (Å²) in [6.45, 7) is 3.36. The first kappa shape index (κ1) is 26.6. The van der Waals surface area contributed by atoms with Crippen LogP contribution in [0.25, 0.3) is 6.08 Å². The Hall–Kier alpha value is -2.63. The SMILES string of the molecule is CCCCCCCCCCCCOC(=O)CC1C(=O)NCCN1C(=O)/C=C/c1ccccc1. The average Bonchev–Trinajstić information content (AvgIpc) is 2.83. The molecule has 1 atom stereocenters. The highest BCUT2D eigenvalue weighted by Gasteiger charge is 2.34. The number of hydrogen-bond acceptors (Lipinski definition) is 4. The molecule has 1 saturated heterocycles. The number of hydrogen-bond donors (Lipinski definition) is 1. The van der Waals surface area contributed by atoms with E-state index in [1.807, 2.05) is 30.3 Å². The molecule has 6 heteroatoms. The molecule has 2 amide bonds. The van der Waals surface area contributed by atoms with Gasteiger partial charge in [-0.1, -0.05) is 95.0 Å². The minimum absolute atomic E-state index is 0.117. The lowest BCUT2D eigenvalue weighted by Gasteiger charge is -2.33. The number of nitrogens with one attached hydrogen (secondary N) is 1. The lowest BCUT2D eigenvalue weighted by Crippen LogP contribution is -2.57. The molecule has 2 rings (SSSR count). The molecule has 1 unspecified atom stereocenters. The molecule has 1 aromatic carbocycles. The van der Waals surface area contributed by atoms with Crippen LogP contribution in [0.5, 0.6) is 0 Å². The number of piperazine rings is 1. The third-order valence-corrected chi connectivity index (χ3v) is 5.95. The zero-order valence-corrected chi connectivity index (χ0v) is 20.1. The Morgan fingerprint density at radius 1 is 1.00 bits per heavy atom. The van der Waals surface area contributed by atoms with Crippen LogP contribution in [0, 0.1) is 0 Å². The van der Waals surface area contributed by atoms with E-state index in [9.17, 15) is 14.4 Å². The van der Waals surface area contributed by atoms with Gasteiger partial charge < -0.3 is 15.0 Å². The van der Waals surface area contributed by atoms with E-state index in [0.717, 1.165) is 24.8 Å². The molecule has 0 bridgehead atoms. The lowest BCUT2D eigenvalue weighted by molar-refractivity contribution is -0.150. The maximum atomic E-state index is 12.7. The van der Waals surface area contributed by atoms with Crippen LogP contribution < -0.4 is 5.32 Å².